The third kappa shape index (κ3) is 3.45. The second-order valence-electron chi connectivity index (χ2n) is 10.6. The normalized spacial score (nSPS) is 21.8. The number of unbranched alkanes of at least 4 members (excludes halogenated alkanes) is 2. The Morgan fingerprint density at radius 3 is 2.67 bits per heavy atom. The SMILES string of the molecule is CCCCCN1C(=O)[C@@]2(c3ccccc31)c1[nH]c3ccccc3c1CCN2C(=O)NC1CCCCC1. The minimum atomic E-state index is -1.17. The molecule has 3 amide bonds. The minimum Gasteiger partial charge on any atom is -0.355 e. The summed E-state index contributed by atoms with van der Waals surface area (Å²) in [6.45, 7) is 3.35. The van der Waals surface area contributed by atoms with Crippen molar-refractivity contribution >= 4 is 28.5 Å². The van der Waals surface area contributed by atoms with Crippen LogP contribution in [0.3, 0.4) is 0 Å². The van der Waals surface area contributed by atoms with Gasteiger partial charge in [0.1, 0.15) is 0 Å². The van der Waals surface area contributed by atoms with Gasteiger partial charge in [-0.1, -0.05) is 75.4 Å². The molecule has 3 aliphatic rings. The van der Waals surface area contributed by atoms with Crippen molar-refractivity contribution in [3.8, 4) is 0 Å². The number of aromatic amines is 1. The smallest absolute Gasteiger partial charge is 0.319 e. The van der Waals surface area contributed by atoms with Crippen LogP contribution in [0.4, 0.5) is 10.5 Å². The first-order valence-corrected chi connectivity index (χ1v) is 13.8. The van der Waals surface area contributed by atoms with Gasteiger partial charge in [0, 0.05) is 35.6 Å². The number of hydrogen-bond donors (Lipinski definition) is 2. The first-order chi connectivity index (χ1) is 17.7. The van der Waals surface area contributed by atoms with Gasteiger partial charge in [-0.15, -0.1) is 0 Å². The van der Waals surface area contributed by atoms with Gasteiger partial charge in [-0.3, -0.25) is 4.79 Å². The molecule has 6 rings (SSSR count). The lowest BCUT2D eigenvalue weighted by Gasteiger charge is -2.44. The summed E-state index contributed by atoms with van der Waals surface area (Å²) in [5.41, 5.74) is 3.72. The second kappa shape index (κ2) is 9.30. The number of anilines is 1. The Balaban J connectivity index is 1.51. The maximum Gasteiger partial charge on any atom is 0.319 e. The van der Waals surface area contributed by atoms with Gasteiger partial charge in [0.25, 0.3) is 5.91 Å². The highest BCUT2D eigenvalue weighted by Crippen LogP contribution is 2.52. The summed E-state index contributed by atoms with van der Waals surface area (Å²) in [7, 11) is 0. The average Bonchev–Trinajstić information content (AvgIpc) is 3.40. The van der Waals surface area contributed by atoms with E-state index < -0.39 is 5.54 Å². The molecular weight excluding hydrogens is 448 g/mol. The molecule has 1 aliphatic carbocycles. The highest BCUT2D eigenvalue weighted by molar-refractivity contribution is 6.12. The number of para-hydroxylation sites is 2. The van der Waals surface area contributed by atoms with Crippen LogP contribution in [-0.4, -0.2) is 41.0 Å². The van der Waals surface area contributed by atoms with E-state index in [1.807, 2.05) is 40.1 Å². The molecule has 0 radical (unpaired) electrons. The number of fused-ring (bicyclic) bond motifs is 6. The second-order valence-corrected chi connectivity index (χ2v) is 10.6. The van der Waals surface area contributed by atoms with Crippen molar-refractivity contribution in [1.29, 1.82) is 0 Å². The number of carbonyl (C=O) groups is 2. The van der Waals surface area contributed by atoms with Crippen molar-refractivity contribution in [2.75, 3.05) is 18.0 Å². The van der Waals surface area contributed by atoms with E-state index in [4.69, 9.17) is 0 Å². The molecule has 1 atom stereocenters. The number of urea groups is 1. The predicted molar refractivity (Wildman–Crippen MR) is 143 cm³/mol. The van der Waals surface area contributed by atoms with Gasteiger partial charge in [-0.25, -0.2) is 4.79 Å². The molecular formula is C30H36N4O2. The van der Waals surface area contributed by atoms with Gasteiger partial charge in [0.05, 0.1) is 11.4 Å². The fourth-order valence-corrected chi connectivity index (χ4v) is 6.73. The predicted octanol–water partition coefficient (Wildman–Crippen LogP) is 5.85. The van der Waals surface area contributed by atoms with E-state index in [0.717, 1.165) is 84.8 Å². The molecule has 6 nitrogen and oxygen atoms in total. The van der Waals surface area contributed by atoms with E-state index in [9.17, 15) is 9.59 Å². The van der Waals surface area contributed by atoms with Crippen molar-refractivity contribution in [3.63, 3.8) is 0 Å². The number of rotatable bonds is 5. The number of aromatic nitrogens is 1. The molecule has 188 valence electrons. The lowest BCUT2D eigenvalue weighted by atomic mass is 9.80. The summed E-state index contributed by atoms with van der Waals surface area (Å²) in [5, 5.41) is 4.47. The monoisotopic (exact) mass is 484 g/mol. The van der Waals surface area contributed by atoms with Crippen LogP contribution >= 0.6 is 0 Å². The van der Waals surface area contributed by atoms with Crippen molar-refractivity contribution in [2.24, 2.45) is 0 Å². The molecule has 0 bridgehead atoms. The van der Waals surface area contributed by atoms with Gasteiger partial charge < -0.3 is 20.1 Å². The number of benzene rings is 2. The van der Waals surface area contributed by atoms with Gasteiger partial charge in [-0.05, 0) is 43.4 Å². The lowest BCUT2D eigenvalue weighted by Crippen LogP contribution is -2.62. The molecule has 36 heavy (non-hydrogen) atoms. The molecule has 1 fully saturated rings. The molecule has 2 aliphatic heterocycles. The van der Waals surface area contributed by atoms with Gasteiger partial charge in [0.2, 0.25) is 0 Å². The molecule has 1 saturated carbocycles. The largest absolute Gasteiger partial charge is 0.355 e. The molecule has 0 saturated heterocycles. The maximum absolute atomic E-state index is 14.7. The zero-order valence-corrected chi connectivity index (χ0v) is 21.2. The summed E-state index contributed by atoms with van der Waals surface area (Å²) >= 11 is 0. The molecule has 0 unspecified atom stereocenters. The van der Waals surface area contributed by atoms with Crippen LogP contribution in [0.2, 0.25) is 0 Å². The van der Waals surface area contributed by atoms with Gasteiger partial charge >= 0.3 is 6.03 Å². The number of nitrogens with one attached hydrogen (secondary N) is 2. The first-order valence-electron chi connectivity index (χ1n) is 13.8. The summed E-state index contributed by atoms with van der Waals surface area (Å²) in [5.74, 6) is -0.00824. The Kier molecular flexibility index (Phi) is 5.98. The Labute approximate surface area is 213 Å². The van der Waals surface area contributed by atoms with Crippen LogP contribution in [-0.2, 0) is 16.8 Å². The molecule has 1 aromatic heterocycles. The number of amides is 3. The first kappa shape index (κ1) is 23.1. The Hall–Kier alpha value is -3.28. The third-order valence-corrected chi connectivity index (χ3v) is 8.47. The van der Waals surface area contributed by atoms with Crippen molar-refractivity contribution in [1.82, 2.24) is 15.2 Å². The van der Waals surface area contributed by atoms with E-state index in [1.54, 1.807) is 0 Å². The van der Waals surface area contributed by atoms with Crippen LogP contribution in [0.5, 0.6) is 0 Å². The quantitative estimate of drug-likeness (QED) is 0.446. The number of hydrogen-bond acceptors (Lipinski definition) is 2. The molecule has 3 heterocycles. The lowest BCUT2D eigenvalue weighted by molar-refractivity contribution is -0.126. The summed E-state index contributed by atoms with van der Waals surface area (Å²) < 4.78 is 0. The van der Waals surface area contributed by atoms with Crippen molar-refractivity contribution in [3.05, 3.63) is 65.4 Å². The summed E-state index contributed by atoms with van der Waals surface area (Å²) in [6, 6.07) is 16.4. The maximum atomic E-state index is 14.7. The van der Waals surface area contributed by atoms with E-state index in [1.165, 1.54) is 6.42 Å². The topological polar surface area (TPSA) is 68.4 Å². The zero-order chi connectivity index (χ0) is 24.7. The Bertz CT molecular complexity index is 1290. The van der Waals surface area contributed by atoms with Crippen LogP contribution < -0.4 is 10.2 Å². The van der Waals surface area contributed by atoms with Gasteiger partial charge in [0.15, 0.2) is 5.54 Å². The molecule has 1 spiro atoms. The number of H-pyrrole nitrogens is 1. The number of nitrogens with zero attached hydrogens (tertiary/aromatic N) is 2. The van der Waals surface area contributed by atoms with Gasteiger partial charge in [-0.2, -0.15) is 0 Å². The van der Waals surface area contributed by atoms with E-state index in [-0.39, 0.29) is 18.0 Å². The van der Waals surface area contributed by atoms with Crippen molar-refractivity contribution in [2.45, 2.75) is 76.3 Å². The highest BCUT2D eigenvalue weighted by atomic mass is 16.2. The third-order valence-electron chi connectivity index (χ3n) is 8.47. The van der Waals surface area contributed by atoms with E-state index >= 15 is 0 Å². The van der Waals surface area contributed by atoms with Crippen LogP contribution in [0.25, 0.3) is 10.9 Å². The van der Waals surface area contributed by atoms with Crippen LogP contribution in [0.15, 0.2) is 48.5 Å². The summed E-state index contributed by atoms with van der Waals surface area (Å²) in [6.07, 6.45) is 9.39. The van der Waals surface area contributed by atoms with Crippen LogP contribution in [0, 0.1) is 0 Å². The average molecular weight is 485 g/mol. The Morgan fingerprint density at radius 1 is 1.06 bits per heavy atom. The fourth-order valence-electron chi connectivity index (χ4n) is 6.73. The van der Waals surface area contributed by atoms with Crippen LogP contribution in [0.1, 0.15) is 75.1 Å². The molecule has 3 aromatic rings. The van der Waals surface area contributed by atoms with Crippen molar-refractivity contribution < 1.29 is 9.59 Å². The zero-order valence-electron chi connectivity index (χ0n) is 21.2. The summed E-state index contributed by atoms with van der Waals surface area (Å²) in [4.78, 5) is 36.1. The fraction of sp³-hybridized carbons (Fsp3) is 0.467. The highest BCUT2D eigenvalue weighted by Gasteiger charge is 2.60. The standard InChI is InChI=1S/C30H36N4O2/c1-2-3-11-19-33-26-17-10-8-15-24(26)30(28(33)35)27-23(22-14-7-9-16-25(22)32-27)18-20-34(30)29(36)31-21-12-5-4-6-13-21/h7-10,14-17,21,32H,2-6,11-13,18-20H2,1H3,(H,31,36)/t30-/m1/s1. The van der Waals surface area contributed by atoms with E-state index in [2.05, 4.69) is 35.4 Å². The molecule has 2 aromatic carbocycles. The molecule has 6 heteroatoms. The molecule has 2 N–H and O–H groups in total. The van der Waals surface area contributed by atoms with E-state index in [0.29, 0.717) is 13.1 Å². The number of carbonyl (C=O) groups excluding carboxylic acids is 2. The minimum absolute atomic E-state index is 0.00824. The Morgan fingerprint density at radius 2 is 1.83 bits per heavy atom.